The molecule has 0 spiro atoms. The summed E-state index contributed by atoms with van der Waals surface area (Å²) >= 11 is 0. The van der Waals surface area contributed by atoms with Crippen LogP contribution in [-0.4, -0.2) is 11.1 Å². The van der Waals surface area contributed by atoms with Crippen LogP contribution in [0.5, 0.6) is 0 Å². The van der Waals surface area contributed by atoms with E-state index in [1.807, 2.05) is 0 Å². The van der Waals surface area contributed by atoms with Crippen molar-refractivity contribution in [3.8, 4) is 0 Å². The molecule has 0 aromatic heterocycles. The molecule has 6 heteroatoms. The highest BCUT2D eigenvalue weighted by molar-refractivity contribution is 5.80. The number of benzene rings is 1. The first-order valence-corrected chi connectivity index (χ1v) is 4.75. The molecule has 96 valence electrons. The monoisotopic (exact) mass is 260 g/mol. The van der Waals surface area contributed by atoms with Crippen LogP contribution < -0.4 is 0 Å². The van der Waals surface area contributed by atoms with Gasteiger partial charge in [-0.1, -0.05) is 24.3 Å². The van der Waals surface area contributed by atoms with E-state index >= 15 is 0 Å². The summed E-state index contributed by atoms with van der Waals surface area (Å²) in [4.78, 5) is 10.1. The Kier molecular flexibility index (Phi) is 4.25. The zero-order chi connectivity index (χ0) is 13.8. The summed E-state index contributed by atoms with van der Waals surface area (Å²) in [6, 6.07) is 2.26. The number of hydrogen-bond donors (Lipinski definition) is 1. The Morgan fingerprint density at radius 3 is 2.44 bits per heavy atom. The van der Waals surface area contributed by atoms with Gasteiger partial charge in [0.25, 0.3) is 0 Å². The van der Waals surface area contributed by atoms with Crippen LogP contribution in [-0.2, 0) is 11.0 Å². The van der Waals surface area contributed by atoms with Crippen molar-refractivity contribution in [1.82, 2.24) is 0 Å². The molecule has 0 unspecified atom stereocenters. The lowest BCUT2D eigenvalue weighted by Crippen LogP contribution is -2.07. The summed E-state index contributed by atoms with van der Waals surface area (Å²) in [6.45, 7) is 0. The number of carboxylic acid groups (broad SMARTS) is 1. The van der Waals surface area contributed by atoms with Crippen LogP contribution in [0.4, 0.5) is 17.6 Å². The van der Waals surface area contributed by atoms with Crippen LogP contribution in [0.2, 0.25) is 0 Å². The molecule has 18 heavy (non-hydrogen) atoms. The lowest BCUT2D eigenvalue weighted by Gasteiger charge is -2.09. The molecule has 0 aliphatic heterocycles. The fraction of sp³-hybridized carbons (Fsp3) is 0.0833. The number of carboxylic acids is 1. The van der Waals surface area contributed by atoms with E-state index in [9.17, 15) is 22.4 Å². The average Bonchev–Trinajstić information content (AvgIpc) is 2.24. The summed E-state index contributed by atoms with van der Waals surface area (Å²) < 4.78 is 50.4. The molecule has 0 aliphatic carbocycles. The van der Waals surface area contributed by atoms with Gasteiger partial charge in [0.2, 0.25) is 0 Å². The first-order chi connectivity index (χ1) is 8.30. The first-order valence-electron chi connectivity index (χ1n) is 4.75. The van der Waals surface area contributed by atoms with E-state index in [1.54, 1.807) is 0 Å². The Morgan fingerprint density at radius 2 is 1.89 bits per heavy atom. The molecule has 0 radical (unpaired) electrons. The predicted octanol–water partition coefficient (Wildman–Crippen LogP) is 3.50. The van der Waals surface area contributed by atoms with E-state index in [0.29, 0.717) is 6.07 Å². The van der Waals surface area contributed by atoms with Crippen molar-refractivity contribution in [3.63, 3.8) is 0 Å². The van der Waals surface area contributed by atoms with E-state index in [4.69, 9.17) is 5.11 Å². The largest absolute Gasteiger partial charge is 0.478 e. The second-order valence-electron chi connectivity index (χ2n) is 3.29. The summed E-state index contributed by atoms with van der Waals surface area (Å²) in [5.41, 5.74) is -1.35. The molecule has 0 amide bonds. The quantitative estimate of drug-likeness (QED) is 0.513. The molecular weight excluding hydrogens is 252 g/mol. The smallest absolute Gasteiger partial charge is 0.417 e. The van der Waals surface area contributed by atoms with Gasteiger partial charge in [0, 0.05) is 6.08 Å². The molecule has 0 bridgehead atoms. The number of aliphatic carboxylic acids is 1. The summed E-state index contributed by atoms with van der Waals surface area (Å²) in [5, 5.41) is 8.28. The fourth-order valence-corrected chi connectivity index (χ4v) is 1.22. The van der Waals surface area contributed by atoms with Crippen LogP contribution in [0.15, 0.2) is 36.4 Å². The van der Waals surface area contributed by atoms with Gasteiger partial charge in [0.15, 0.2) is 0 Å². The number of halogens is 4. The van der Waals surface area contributed by atoms with Crippen molar-refractivity contribution < 1.29 is 27.5 Å². The lowest BCUT2D eigenvalue weighted by molar-refractivity contribution is -0.138. The van der Waals surface area contributed by atoms with Crippen molar-refractivity contribution in [1.29, 1.82) is 0 Å². The zero-order valence-electron chi connectivity index (χ0n) is 8.91. The summed E-state index contributed by atoms with van der Waals surface area (Å²) in [7, 11) is 0. The van der Waals surface area contributed by atoms with E-state index in [2.05, 4.69) is 0 Å². The van der Waals surface area contributed by atoms with E-state index in [1.165, 1.54) is 0 Å². The third-order valence-electron chi connectivity index (χ3n) is 1.95. The molecule has 0 saturated heterocycles. The molecule has 0 heterocycles. The highest BCUT2D eigenvalue weighted by Crippen LogP contribution is 2.33. The van der Waals surface area contributed by atoms with Crippen LogP contribution in [0.1, 0.15) is 11.1 Å². The van der Waals surface area contributed by atoms with Crippen LogP contribution in [0.3, 0.4) is 0 Å². The molecule has 1 rings (SSSR count). The average molecular weight is 260 g/mol. The van der Waals surface area contributed by atoms with Gasteiger partial charge < -0.3 is 5.11 Å². The van der Waals surface area contributed by atoms with E-state index in [-0.39, 0.29) is 5.56 Å². The Hall–Kier alpha value is -2.11. The maximum Gasteiger partial charge on any atom is 0.417 e. The van der Waals surface area contributed by atoms with Crippen LogP contribution in [0.25, 0.3) is 6.08 Å². The number of hydrogen-bond acceptors (Lipinski definition) is 1. The Labute approximate surface area is 99.9 Å². The van der Waals surface area contributed by atoms with Gasteiger partial charge in [0.1, 0.15) is 5.82 Å². The van der Waals surface area contributed by atoms with Crippen molar-refractivity contribution in [3.05, 3.63) is 53.4 Å². The van der Waals surface area contributed by atoms with Crippen molar-refractivity contribution in [2.45, 2.75) is 6.18 Å². The van der Waals surface area contributed by atoms with Crippen molar-refractivity contribution >= 4 is 12.0 Å². The van der Waals surface area contributed by atoms with Gasteiger partial charge in [-0.15, -0.1) is 0 Å². The molecular formula is C12H8F4O2. The molecule has 0 atom stereocenters. The standard InChI is InChI=1S/C12H8F4O2/c13-9-6-5-8(3-1-2-4-11(17)18)10(7-9)12(14,15)16/h1-7H,(H,17,18). The maximum atomic E-state index is 12.8. The van der Waals surface area contributed by atoms with Crippen LogP contribution in [0, 0.1) is 5.82 Å². The van der Waals surface area contributed by atoms with Gasteiger partial charge in [-0.05, 0) is 17.7 Å². The summed E-state index contributed by atoms with van der Waals surface area (Å²) in [5.74, 6) is -2.20. The number of alkyl halides is 3. The molecule has 1 N–H and O–H groups in total. The van der Waals surface area contributed by atoms with Crippen molar-refractivity contribution in [2.24, 2.45) is 0 Å². The number of allylic oxidation sites excluding steroid dienone is 2. The second-order valence-corrected chi connectivity index (χ2v) is 3.29. The van der Waals surface area contributed by atoms with Crippen LogP contribution >= 0.6 is 0 Å². The third-order valence-corrected chi connectivity index (χ3v) is 1.95. The van der Waals surface area contributed by atoms with E-state index < -0.39 is 23.5 Å². The lowest BCUT2D eigenvalue weighted by atomic mass is 10.1. The first kappa shape index (κ1) is 14.0. The Balaban J connectivity index is 3.06. The SMILES string of the molecule is O=C(O)C=CC=Cc1ccc(F)cc1C(F)(F)F. The minimum Gasteiger partial charge on any atom is -0.478 e. The second kappa shape index (κ2) is 5.48. The Morgan fingerprint density at radius 1 is 1.22 bits per heavy atom. The van der Waals surface area contributed by atoms with E-state index in [0.717, 1.165) is 36.4 Å². The highest BCUT2D eigenvalue weighted by atomic mass is 19.4. The summed E-state index contributed by atoms with van der Waals surface area (Å²) in [6.07, 6.45) is -0.629. The van der Waals surface area contributed by atoms with Gasteiger partial charge in [0.05, 0.1) is 5.56 Å². The van der Waals surface area contributed by atoms with Gasteiger partial charge in [-0.2, -0.15) is 13.2 Å². The van der Waals surface area contributed by atoms with Gasteiger partial charge >= 0.3 is 12.1 Å². The predicted molar refractivity (Wildman–Crippen MR) is 57.2 cm³/mol. The topological polar surface area (TPSA) is 37.3 Å². The minimum absolute atomic E-state index is 0.237. The van der Waals surface area contributed by atoms with Crippen molar-refractivity contribution in [2.75, 3.05) is 0 Å². The zero-order valence-corrected chi connectivity index (χ0v) is 8.91. The Bertz CT molecular complexity index is 501. The number of rotatable bonds is 3. The third kappa shape index (κ3) is 4.04. The maximum absolute atomic E-state index is 12.8. The molecule has 0 saturated carbocycles. The highest BCUT2D eigenvalue weighted by Gasteiger charge is 2.33. The normalized spacial score (nSPS) is 12.4. The number of carbonyl (C=O) groups is 1. The van der Waals surface area contributed by atoms with Gasteiger partial charge in [-0.25, -0.2) is 9.18 Å². The fourth-order valence-electron chi connectivity index (χ4n) is 1.22. The molecule has 2 nitrogen and oxygen atoms in total. The minimum atomic E-state index is -4.67. The molecule has 1 aromatic rings. The van der Waals surface area contributed by atoms with Gasteiger partial charge in [-0.3, -0.25) is 0 Å². The molecule has 1 aromatic carbocycles. The molecule has 0 aliphatic rings. The molecule has 0 fully saturated rings.